The van der Waals surface area contributed by atoms with Gasteiger partial charge in [-0.1, -0.05) is 0 Å². The predicted octanol–water partition coefficient (Wildman–Crippen LogP) is -0.306. The van der Waals surface area contributed by atoms with E-state index in [9.17, 15) is 8.42 Å². The molecular weight excluding hydrogens is 216 g/mol. The second-order valence-corrected chi connectivity index (χ2v) is 6.10. The fourth-order valence-electron chi connectivity index (χ4n) is 1.72. The van der Waals surface area contributed by atoms with E-state index in [1.165, 1.54) is 0 Å². The average Bonchev–Trinajstić information content (AvgIpc) is 2.50. The highest BCUT2D eigenvalue weighted by molar-refractivity contribution is 7.89. The van der Waals surface area contributed by atoms with Gasteiger partial charge < -0.3 is 10.1 Å². The minimum absolute atomic E-state index is 0.135. The smallest absolute Gasteiger partial charge is 0.212 e. The van der Waals surface area contributed by atoms with Gasteiger partial charge in [0.2, 0.25) is 10.0 Å². The molecule has 1 unspecified atom stereocenters. The van der Waals surface area contributed by atoms with E-state index >= 15 is 0 Å². The van der Waals surface area contributed by atoms with Crippen molar-refractivity contribution in [2.75, 3.05) is 32.6 Å². The number of methoxy groups -OCH3 is 1. The van der Waals surface area contributed by atoms with Gasteiger partial charge >= 0.3 is 0 Å². The van der Waals surface area contributed by atoms with Crippen LogP contribution in [0.5, 0.6) is 0 Å². The van der Waals surface area contributed by atoms with Gasteiger partial charge in [0.05, 0.1) is 5.75 Å². The third-order valence-corrected chi connectivity index (χ3v) is 4.16. The average molecular weight is 236 g/mol. The summed E-state index contributed by atoms with van der Waals surface area (Å²) in [4.78, 5) is 0. The maximum Gasteiger partial charge on any atom is 0.212 e. The van der Waals surface area contributed by atoms with E-state index in [0.29, 0.717) is 19.6 Å². The molecule has 1 rings (SSSR count). The van der Waals surface area contributed by atoms with Crippen LogP contribution in [0.2, 0.25) is 0 Å². The molecule has 1 atom stereocenters. The third kappa shape index (κ3) is 4.46. The van der Waals surface area contributed by atoms with Crippen molar-refractivity contribution in [3.8, 4) is 0 Å². The largest absolute Gasteiger partial charge is 0.385 e. The second-order valence-electron chi connectivity index (χ2n) is 4.25. The molecule has 6 heteroatoms. The van der Waals surface area contributed by atoms with Gasteiger partial charge in [-0.05, 0) is 26.3 Å². The van der Waals surface area contributed by atoms with Crippen LogP contribution in [0.1, 0.15) is 19.8 Å². The molecule has 90 valence electrons. The molecule has 1 aliphatic rings. The van der Waals surface area contributed by atoms with Gasteiger partial charge in [0.1, 0.15) is 0 Å². The maximum absolute atomic E-state index is 11.7. The van der Waals surface area contributed by atoms with E-state index in [1.807, 2.05) is 6.92 Å². The van der Waals surface area contributed by atoms with E-state index < -0.39 is 10.0 Å². The lowest BCUT2D eigenvalue weighted by Gasteiger charge is -2.23. The van der Waals surface area contributed by atoms with Crippen LogP contribution in [-0.2, 0) is 14.8 Å². The van der Waals surface area contributed by atoms with Gasteiger partial charge in [-0.2, -0.15) is 0 Å². The molecule has 0 aromatic heterocycles. The van der Waals surface area contributed by atoms with Gasteiger partial charge in [-0.15, -0.1) is 0 Å². The van der Waals surface area contributed by atoms with Gasteiger partial charge in [0.25, 0.3) is 0 Å². The van der Waals surface area contributed by atoms with Crippen LogP contribution < -0.4 is 10.0 Å². The van der Waals surface area contributed by atoms with E-state index in [1.54, 1.807) is 7.11 Å². The summed E-state index contributed by atoms with van der Waals surface area (Å²) in [5, 5.41) is 3.15. The lowest BCUT2D eigenvalue weighted by atomic mass is 10.0. The van der Waals surface area contributed by atoms with Crippen LogP contribution in [-0.4, -0.2) is 46.5 Å². The van der Waals surface area contributed by atoms with Crippen molar-refractivity contribution in [1.82, 2.24) is 10.0 Å². The predicted molar refractivity (Wildman–Crippen MR) is 59.3 cm³/mol. The van der Waals surface area contributed by atoms with Gasteiger partial charge in [0.15, 0.2) is 0 Å². The van der Waals surface area contributed by atoms with E-state index in [-0.39, 0.29) is 11.3 Å². The fourth-order valence-corrected chi connectivity index (χ4v) is 3.25. The van der Waals surface area contributed by atoms with Crippen LogP contribution in [0.15, 0.2) is 0 Å². The first-order valence-electron chi connectivity index (χ1n) is 5.19. The minimum Gasteiger partial charge on any atom is -0.385 e. The second kappa shape index (κ2) is 5.25. The Balaban J connectivity index is 2.41. The van der Waals surface area contributed by atoms with Crippen molar-refractivity contribution in [2.24, 2.45) is 0 Å². The Morgan fingerprint density at radius 2 is 2.27 bits per heavy atom. The number of ether oxygens (including phenoxy) is 1. The zero-order valence-electron chi connectivity index (χ0n) is 9.38. The first kappa shape index (κ1) is 12.9. The topological polar surface area (TPSA) is 67.4 Å². The summed E-state index contributed by atoms with van der Waals surface area (Å²) < 4.78 is 30.9. The summed E-state index contributed by atoms with van der Waals surface area (Å²) in [7, 11) is -1.59. The zero-order valence-corrected chi connectivity index (χ0v) is 10.2. The highest BCUT2D eigenvalue weighted by Crippen LogP contribution is 2.14. The lowest BCUT2D eigenvalue weighted by Crippen LogP contribution is -2.48. The van der Waals surface area contributed by atoms with Crippen LogP contribution in [0.25, 0.3) is 0 Å². The number of sulfonamides is 1. The van der Waals surface area contributed by atoms with Crippen LogP contribution in [0, 0.1) is 0 Å². The molecule has 1 fully saturated rings. The summed E-state index contributed by atoms with van der Waals surface area (Å²) in [5.41, 5.74) is -0.314. The summed E-state index contributed by atoms with van der Waals surface area (Å²) in [6.45, 7) is 3.99. The van der Waals surface area contributed by atoms with Crippen molar-refractivity contribution in [2.45, 2.75) is 25.3 Å². The lowest BCUT2D eigenvalue weighted by molar-refractivity contribution is 0.199. The molecule has 15 heavy (non-hydrogen) atoms. The molecule has 1 saturated heterocycles. The quantitative estimate of drug-likeness (QED) is 0.621. The summed E-state index contributed by atoms with van der Waals surface area (Å²) >= 11 is 0. The number of hydrogen-bond acceptors (Lipinski definition) is 4. The standard InChI is InChI=1S/C9H20N2O3S/c1-9(4-5-10-8-9)11-15(12,13)7-3-6-14-2/h10-11H,3-8H2,1-2H3. The first-order chi connectivity index (χ1) is 6.97. The molecule has 5 nitrogen and oxygen atoms in total. The Morgan fingerprint density at radius 1 is 1.53 bits per heavy atom. The van der Waals surface area contributed by atoms with E-state index in [4.69, 9.17) is 4.74 Å². The fraction of sp³-hybridized carbons (Fsp3) is 1.00. The first-order valence-corrected chi connectivity index (χ1v) is 6.84. The Bertz CT molecular complexity index is 284. The molecule has 0 bridgehead atoms. The van der Waals surface area contributed by atoms with Crippen molar-refractivity contribution in [3.05, 3.63) is 0 Å². The van der Waals surface area contributed by atoms with Crippen LogP contribution >= 0.6 is 0 Å². The summed E-state index contributed by atoms with van der Waals surface area (Å²) in [6.07, 6.45) is 1.38. The number of rotatable bonds is 6. The van der Waals surface area contributed by atoms with Gasteiger partial charge in [-0.25, -0.2) is 13.1 Å². The molecule has 2 N–H and O–H groups in total. The van der Waals surface area contributed by atoms with E-state index in [0.717, 1.165) is 13.0 Å². The molecule has 0 amide bonds. The summed E-state index contributed by atoms with van der Waals surface area (Å²) in [5.74, 6) is 0.135. The van der Waals surface area contributed by atoms with Crippen molar-refractivity contribution >= 4 is 10.0 Å². The van der Waals surface area contributed by atoms with Crippen molar-refractivity contribution in [1.29, 1.82) is 0 Å². The molecule has 1 heterocycles. The van der Waals surface area contributed by atoms with Crippen LogP contribution in [0.4, 0.5) is 0 Å². The minimum atomic E-state index is -3.17. The van der Waals surface area contributed by atoms with Gasteiger partial charge in [0, 0.05) is 25.8 Å². The SMILES string of the molecule is COCCCS(=O)(=O)NC1(C)CCNC1. The Kier molecular flexibility index (Phi) is 4.51. The maximum atomic E-state index is 11.7. The normalized spacial score (nSPS) is 27.1. The van der Waals surface area contributed by atoms with Gasteiger partial charge in [-0.3, -0.25) is 0 Å². The number of nitrogens with one attached hydrogen (secondary N) is 2. The molecular formula is C9H20N2O3S. The summed E-state index contributed by atoms with van der Waals surface area (Å²) in [6, 6.07) is 0. The third-order valence-electron chi connectivity index (χ3n) is 2.53. The van der Waals surface area contributed by atoms with Crippen molar-refractivity contribution < 1.29 is 13.2 Å². The zero-order chi connectivity index (χ0) is 11.4. The Morgan fingerprint density at radius 3 is 2.80 bits per heavy atom. The molecule has 0 spiro atoms. The molecule has 0 saturated carbocycles. The Hall–Kier alpha value is -0.170. The molecule has 0 aromatic carbocycles. The van der Waals surface area contributed by atoms with Crippen molar-refractivity contribution in [3.63, 3.8) is 0 Å². The van der Waals surface area contributed by atoms with Crippen LogP contribution in [0.3, 0.4) is 0 Å². The molecule has 1 aliphatic heterocycles. The molecule has 0 aromatic rings. The Labute approximate surface area is 91.6 Å². The number of hydrogen-bond donors (Lipinski definition) is 2. The molecule has 0 radical (unpaired) electrons. The van der Waals surface area contributed by atoms with E-state index in [2.05, 4.69) is 10.0 Å². The highest BCUT2D eigenvalue weighted by atomic mass is 32.2. The monoisotopic (exact) mass is 236 g/mol. The molecule has 0 aliphatic carbocycles. The highest BCUT2D eigenvalue weighted by Gasteiger charge is 2.32.